The monoisotopic (exact) mass is 773 g/mol. The van der Waals surface area contributed by atoms with Crippen molar-refractivity contribution in [2.45, 2.75) is 0 Å². The molecule has 8 aromatic carbocycles. The number of benzene rings is 8. The number of hydrogen-bond acceptors (Lipinski definition) is 2. The normalized spacial score (nSPS) is 12.1. The van der Waals surface area contributed by atoms with Crippen LogP contribution >= 0.6 is 11.3 Å². The summed E-state index contributed by atoms with van der Waals surface area (Å²) in [7, 11) is -2.75. The lowest BCUT2D eigenvalue weighted by Crippen LogP contribution is -2.74. The first kappa shape index (κ1) is 33.1. The lowest BCUT2D eigenvalue weighted by atomic mass is 10.1. The summed E-state index contributed by atoms with van der Waals surface area (Å²) in [6.07, 6.45) is 2.17. The Morgan fingerprint density at radius 1 is 0.345 bits per heavy atom. The van der Waals surface area contributed by atoms with Gasteiger partial charge in [-0.1, -0.05) is 146 Å². The van der Waals surface area contributed by atoms with Gasteiger partial charge in [-0.25, -0.2) is 4.98 Å². The standard InChI is InChI=1S/C53H35N3SSi/c1-4-16-38(17-5-1)58(39-18-6-2-7-19-39,40-20-8-3-9-21-40)41-34-47-46-33-37(29-31-52(46)57-53(47)54-35-41)56-50-27-15-12-24-44(50)45-32-36(28-30-51(45)56)55-48-25-13-10-22-42(48)43-23-11-14-26-49(43)55/h1-35H. The highest BCUT2D eigenvalue weighted by molar-refractivity contribution is 7.25. The van der Waals surface area contributed by atoms with Gasteiger partial charge in [0, 0.05) is 54.6 Å². The molecule has 5 heteroatoms. The van der Waals surface area contributed by atoms with Crippen LogP contribution in [0, 0.1) is 0 Å². The van der Waals surface area contributed by atoms with Crippen molar-refractivity contribution in [3.05, 3.63) is 212 Å². The molecule has 4 aromatic heterocycles. The molecule has 0 aliphatic rings. The smallest absolute Gasteiger partial charge is 0.181 e. The Morgan fingerprint density at radius 2 is 0.776 bits per heavy atom. The molecule has 0 aliphatic heterocycles. The van der Waals surface area contributed by atoms with E-state index in [0.717, 1.165) is 16.2 Å². The van der Waals surface area contributed by atoms with Crippen molar-refractivity contribution in [2.24, 2.45) is 0 Å². The van der Waals surface area contributed by atoms with E-state index in [1.165, 1.54) is 79.8 Å². The van der Waals surface area contributed by atoms with Crippen molar-refractivity contribution in [3.63, 3.8) is 0 Å². The van der Waals surface area contributed by atoms with Crippen LogP contribution in [0.4, 0.5) is 0 Å². The van der Waals surface area contributed by atoms with Gasteiger partial charge < -0.3 is 9.13 Å². The van der Waals surface area contributed by atoms with Crippen molar-refractivity contribution >= 4 is 104 Å². The third-order valence-electron chi connectivity index (χ3n) is 12.1. The van der Waals surface area contributed by atoms with Gasteiger partial charge in [0.1, 0.15) is 4.83 Å². The molecule has 0 radical (unpaired) electrons. The van der Waals surface area contributed by atoms with E-state index in [1.54, 1.807) is 11.3 Å². The molecule has 0 N–H and O–H groups in total. The molecule has 0 atom stereocenters. The van der Waals surface area contributed by atoms with E-state index in [4.69, 9.17) is 4.98 Å². The van der Waals surface area contributed by atoms with Gasteiger partial charge in [-0.05, 0) is 81.4 Å². The third kappa shape index (κ3) is 4.81. The van der Waals surface area contributed by atoms with Gasteiger partial charge >= 0.3 is 0 Å². The van der Waals surface area contributed by atoms with Crippen LogP contribution in [0.3, 0.4) is 0 Å². The van der Waals surface area contributed by atoms with Crippen LogP contribution in [0.5, 0.6) is 0 Å². The summed E-state index contributed by atoms with van der Waals surface area (Å²) in [6, 6.07) is 76.0. The minimum Gasteiger partial charge on any atom is -0.309 e. The number of pyridine rings is 1. The number of rotatable bonds is 6. The largest absolute Gasteiger partial charge is 0.309 e. The van der Waals surface area contributed by atoms with Crippen LogP contribution in [0.2, 0.25) is 0 Å². The van der Waals surface area contributed by atoms with Crippen LogP contribution in [0.1, 0.15) is 0 Å². The summed E-state index contributed by atoms with van der Waals surface area (Å²) in [4.78, 5) is 6.34. The Morgan fingerprint density at radius 3 is 1.31 bits per heavy atom. The van der Waals surface area contributed by atoms with Crippen molar-refractivity contribution in [1.82, 2.24) is 14.1 Å². The molecule has 0 unspecified atom stereocenters. The molecule has 0 fully saturated rings. The summed E-state index contributed by atoms with van der Waals surface area (Å²) in [5, 5.41) is 12.8. The predicted molar refractivity (Wildman–Crippen MR) is 249 cm³/mol. The molecule has 0 bridgehead atoms. The van der Waals surface area contributed by atoms with E-state index in [2.05, 4.69) is 222 Å². The SMILES string of the molecule is c1ccc([Si](c2ccccc2)(c2ccccc2)c2cnc3sc4ccc(-n5c6ccccc6c6cc(-n7c8ccccc8c8ccccc87)ccc65)cc4c3c2)cc1. The fraction of sp³-hybridized carbons (Fsp3) is 0. The van der Waals surface area contributed by atoms with Crippen LogP contribution in [-0.2, 0) is 0 Å². The van der Waals surface area contributed by atoms with Gasteiger partial charge in [0.05, 0.1) is 22.1 Å². The topological polar surface area (TPSA) is 22.8 Å². The van der Waals surface area contributed by atoms with Crippen molar-refractivity contribution in [1.29, 1.82) is 0 Å². The number of aromatic nitrogens is 3. The van der Waals surface area contributed by atoms with E-state index >= 15 is 0 Å². The summed E-state index contributed by atoms with van der Waals surface area (Å²) in [5.41, 5.74) is 7.12. The number of hydrogen-bond donors (Lipinski definition) is 0. The Labute approximate surface area is 340 Å². The molecule has 58 heavy (non-hydrogen) atoms. The molecule has 0 saturated heterocycles. The highest BCUT2D eigenvalue weighted by Crippen LogP contribution is 2.39. The first-order chi connectivity index (χ1) is 28.8. The minimum atomic E-state index is -2.75. The van der Waals surface area contributed by atoms with Crippen LogP contribution < -0.4 is 20.7 Å². The average Bonchev–Trinajstić information content (AvgIpc) is 3.95. The summed E-state index contributed by atoms with van der Waals surface area (Å²) in [5.74, 6) is 0. The number of thiophene rings is 1. The zero-order valence-corrected chi connectivity index (χ0v) is 33.3. The van der Waals surface area contributed by atoms with Gasteiger partial charge in [-0.2, -0.15) is 0 Å². The number of fused-ring (bicyclic) bond motifs is 9. The Bertz CT molecular complexity index is 3360. The molecular weight excluding hydrogens is 739 g/mol. The second-order valence-electron chi connectivity index (χ2n) is 15.1. The first-order valence-corrected chi connectivity index (χ1v) is 22.6. The van der Waals surface area contributed by atoms with Gasteiger partial charge in [0.2, 0.25) is 0 Å². The van der Waals surface area contributed by atoms with Gasteiger partial charge in [0.25, 0.3) is 0 Å². The second-order valence-corrected chi connectivity index (χ2v) is 20.0. The lowest BCUT2D eigenvalue weighted by Gasteiger charge is -2.34. The maximum Gasteiger partial charge on any atom is 0.181 e. The average molecular weight is 774 g/mol. The van der Waals surface area contributed by atoms with E-state index in [0.29, 0.717) is 0 Å². The van der Waals surface area contributed by atoms with Crippen molar-refractivity contribution in [3.8, 4) is 11.4 Å². The summed E-state index contributed by atoms with van der Waals surface area (Å²) >= 11 is 1.78. The maximum atomic E-state index is 5.27. The van der Waals surface area contributed by atoms with Gasteiger partial charge in [-0.3, -0.25) is 0 Å². The Hall–Kier alpha value is -7.05. The molecule has 4 heterocycles. The predicted octanol–water partition coefficient (Wildman–Crippen LogP) is 11.0. The van der Waals surface area contributed by atoms with E-state index in [9.17, 15) is 0 Å². The first-order valence-electron chi connectivity index (χ1n) is 19.8. The summed E-state index contributed by atoms with van der Waals surface area (Å²) < 4.78 is 6.09. The molecule has 12 rings (SSSR count). The molecular formula is C53H35N3SSi. The third-order valence-corrected chi connectivity index (χ3v) is 17.9. The molecule has 3 nitrogen and oxygen atoms in total. The maximum absolute atomic E-state index is 5.27. The Balaban J connectivity index is 1.08. The van der Waals surface area contributed by atoms with Gasteiger partial charge in [-0.15, -0.1) is 11.3 Å². The van der Waals surface area contributed by atoms with Crippen LogP contribution in [0.15, 0.2) is 212 Å². The molecule has 0 saturated carbocycles. The minimum absolute atomic E-state index is 1.06. The summed E-state index contributed by atoms with van der Waals surface area (Å²) in [6.45, 7) is 0. The highest BCUT2D eigenvalue weighted by atomic mass is 32.1. The van der Waals surface area contributed by atoms with E-state index < -0.39 is 8.07 Å². The molecule has 272 valence electrons. The molecule has 0 aliphatic carbocycles. The fourth-order valence-corrected chi connectivity index (χ4v) is 15.3. The fourth-order valence-electron chi connectivity index (χ4n) is 9.64. The van der Waals surface area contributed by atoms with Crippen molar-refractivity contribution in [2.75, 3.05) is 0 Å². The molecule has 0 spiro atoms. The number of para-hydroxylation sites is 3. The number of nitrogens with zero attached hydrogens (tertiary/aromatic N) is 3. The van der Waals surface area contributed by atoms with Crippen LogP contribution in [0.25, 0.3) is 75.3 Å². The zero-order chi connectivity index (χ0) is 38.2. The van der Waals surface area contributed by atoms with Crippen molar-refractivity contribution < 1.29 is 0 Å². The van der Waals surface area contributed by atoms with Gasteiger partial charge in [0.15, 0.2) is 8.07 Å². The zero-order valence-electron chi connectivity index (χ0n) is 31.5. The van der Waals surface area contributed by atoms with E-state index in [1.807, 2.05) is 0 Å². The highest BCUT2D eigenvalue weighted by Gasteiger charge is 2.42. The molecule has 0 amide bonds. The van der Waals surface area contributed by atoms with E-state index in [-0.39, 0.29) is 0 Å². The van der Waals surface area contributed by atoms with Crippen LogP contribution in [-0.4, -0.2) is 22.2 Å². The lowest BCUT2D eigenvalue weighted by molar-refractivity contribution is 1.17. The molecule has 12 aromatic rings. The Kier molecular flexibility index (Phi) is 7.42. The second kappa shape index (κ2) is 13.0. The quantitative estimate of drug-likeness (QED) is 0.122.